The number of ether oxygens (including phenoxy) is 8. The summed E-state index contributed by atoms with van der Waals surface area (Å²) in [4.78, 5) is 0. The topological polar surface area (TPSA) is 87.0 Å². The van der Waals surface area contributed by atoms with Crippen LogP contribution in [-0.4, -0.2) is 77.3 Å². The van der Waals surface area contributed by atoms with E-state index in [1.165, 1.54) is 28.7 Å². The van der Waals surface area contributed by atoms with E-state index in [0.717, 1.165) is 49.4 Å². The van der Waals surface area contributed by atoms with Gasteiger partial charge in [0.25, 0.3) is 0 Å². The summed E-state index contributed by atoms with van der Waals surface area (Å²) in [6, 6.07) is 33.4. The molecule has 4 aromatic carbocycles. The largest absolute Gasteiger partial charge is 0.491 e. The predicted molar refractivity (Wildman–Crippen MR) is 207 cm³/mol. The molecule has 0 aliphatic carbocycles. The first kappa shape index (κ1) is 38.6. The zero-order valence-electron chi connectivity index (χ0n) is 32.2. The first-order valence-corrected chi connectivity index (χ1v) is 19.0. The molecule has 4 saturated heterocycles. The first-order chi connectivity index (χ1) is 25.6. The second-order valence-corrected chi connectivity index (χ2v) is 15.1. The molecule has 4 aliphatic rings. The van der Waals surface area contributed by atoms with Gasteiger partial charge in [0, 0.05) is 10.8 Å². The molecule has 4 aliphatic heterocycles. The second kappa shape index (κ2) is 17.8. The van der Waals surface area contributed by atoms with Crippen LogP contribution in [-0.2, 0) is 29.8 Å². The Morgan fingerprint density at radius 3 is 0.717 bits per heavy atom. The summed E-state index contributed by atoms with van der Waals surface area (Å²) in [5, 5.41) is 0. The van der Waals surface area contributed by atoms with E-state index in [2.05, 4.69) is 90.1 Å². The highest BCUT2D eigenvalue weighted by Crippen LogP contribution is 2.35. The van der Waals surface area contributed by atoms with Gasteiger partial charge in [-0.05, 0) is 70.8 Å². The number of hydrogen-bond donors (Lipinski definition) is 0. The number of rotatable bonds is 16. The SMILES string of the molecule is CC(C)(c1ccc(OCC2CO2)cc1)c1ccc(OCC2CO2)cc1.CC(C)(c1ccc(OCC2CO2)cc1)c1ccc(OCC2CO2)cc1.CCC. The third-order valence-corrected chi connectivity index (χ3v) is 9.66. The molecule has 0 bridgehead atoms. The van der Waals surface area contributed by atoms with E-state index in [1.807, 2.05) is 48.5 Å². The monoisotopic (exact) mass is 724 g/mol. The molecule has 0 N–H and O–H groups in total. The maximum Gasteiger partial charge on any atom is 0.119 e. The summed E-state index contributed by atoms with van der Waals surface area (Å²) in [5.74, 6) is 3.56. The zero-order chi connectivity index (χ0) is 37.3. The Bertz CT molecular complexity index is 1420. The molecular weight excluding hydrogens is 668 g/mol. The minimum absolute atomic E-state index is 0.0870. The average molecular weight is 725 g/mol. The van der Waals surface area contributed by atoms with Crippen molar-refractivity contribution in [1.82, 2.24) is 0 Å². The standard InChI is InChI=1S/2C21H24O4.C3H8/c2*1-21(2,15-3-7-17(8-4-15)22-11-19-13-24-19)16-5-9-18(10-6-16)23-12-20-14-25-20;1-3-2/h2*3-10,19-20H,11-14H2,1-2H3;3H2,1-2H3. The van der Waals surface area contributed by atoms with Gasteiger partial charge in [-0.1, -0.05) is 96.5 Å². The fourth-order valence-corrected chi connectivity index (χ4v) is 5.62. The molecule has 53 heavy (non-hydrogen) atoms. The molecule has 0 saturated carbocycles. The summed E-state index contributed by atoms with van der Waals surface area (Å²) in [5.41, 5.74) is 4.84. The van der Waals surface area contributed by atoms with E-state index in [0.29, 0.717) is 26.4 Å². The van der Waals surface area contributed by atoms with Gasteiger partial charge >= 0.3 is 0 Å². The molecule has 4 aromatic rings. The smallest absolute Gasteiger partial charge is 0.119 e. The Labute approximate surface area is 315 Å². The first-order valence-electron chi connectivity index (χ1n) is 19.0. The van der Waals surface area contributed by atoms with E-state index in [9.17, 15) is 0 Å². The normalized spacial score (nSPS) is 20.8. The molecule has 0 aromatic heterocycles. The van der Waals surface area contributed by atoms with Crippen LogP contribution in [0.3, 0.4) is 0 Å². The van der Waals surface area contributed by atoms with Crippen LogP contribution in [0.1, 0.15) is 70.2 Å². The minimum Gasteiger partial charge on any atom is -0.491 e. The number of benzene rings is 4. The van der Waals surface area contributed by atoms with Crippen LogP contribution in [0.2, 0.25) is 0 Å². The number of hydrogen-bond acceptors (Lipinski definition) is 8. The quantitative estimate of drug-likeness (QED) is 0.106. The second-order valence-electron chi connectivity index (χ2n) is 15.1. The molecule has 4 fully saturated rings. The Kier molecular flexibility index (Phi) is 13.0. The Hall–Kier alpha value is -4.08. The van der Waals surface area contributed by atoms with E-state index >= 15 is 0 Å². The minimum atomic E-state index is -0.0870. The summed E-state index contributed by atoms with van der Waals surface area (Å²) in [6.07, 6.45) is 2.37. The molecule has 0 radical (unpaired) electrons. The van der Waals surface area contributed by atoms with Gasteiger partial charge in [-0.3, -0.25) is 0 Å². The molecule has 284 valence electrons. The van der Waals surface area contributed by atoms with Gasteiger partial charge in [0.05, 0.1) is 26.4 Å². The van der Waals surface area contributed by atoms with Gasteiger partial charge < -0.3 is 37.9 Å². The lowest BCUT2D eigenvalue weighted by Gasteiger charge is -2.26. The van der Waals surface area contributed by atoms with Crippen LogP contribution in [0.5, 0.6) is 23.0 Å². The molecule has 8 rings (SSSR count). The van der Waals surface area contributed by atoms with Crippen LogP contribution in [0.15, 0.2) is 97.1 Å². The molecular formula is C45H56O8. The van der Waals surface area contributed by atoms with Crippen molar-refractivity contribution in [2.24, 2.45) is 0 Å². The predicted octanol–water partition coefficient (Wildman–Crippen LogP) is 8.55. The van der Waals surface area contributed by atoms with Crippen LogP contribution in [0.25, 0.3) is 0 Å². The number of epoxide rings is 4. The molecule has 0 spiro atoms. The van der Waals surface area contributed by atoms with Gasteiger partial charge in [-0.15, -0.1) is 0 Å². The van der Waals surface area contributed by atoms with Crippen molar-refractivity contribution in [2.45, 2.75) is 83.2 Å². The van der Waals surface area contributed by atoms with Crippen molar-refractivity contribution in [1.29, 1.82) is 0 Å². The lowest BCUT2D eigenvalue weighted by molar-refractivity contribution is 0.263. The van der Waals surface area contributed by atoms with Gasteiger partial charge in [-0.25, -0.2) is 0 Å². The van der Waals surface area contributed by atoms with E-state index in [-0.39, 0.29) is 35.2 Å². The Morgan fingerprint density at radius 1 is 0.396 bits per heavy atom. The summed E-state index contributed by atoms with van der Waals surface area (Å²) in [7, 11) is 0. The highest BCUT2D eigenvalue weighted by atomic mass is 16.6. The lowest BCUT2D eigenvalue weighted by atomic mass is 9.78. The van der Waals surface area contributed by atoms with E-state index in [4.69, 9.17) is 37.9 Å². The maximum atomic E-state index is 5.72. The van der Waals surface area contributed by atoms with Crippen molar-refractivity contribution >= 4 is 0 Å². The molecule has 4 unspecified atom stereocenters. The van der Waals surface area contributed by atoms with E-state index in [1.54, 1.807) is 0 Å². The molecule has 8 heteroatoms. The fraction of sp³-hybridized carbons (Fsp3) is 0.467. The van der Waals surface area contributed by atoms with Gasteiger partial charge in [-0.2, -0.15) is 0 Å². The van der Waals surface area contributed by atoms with Crippen molar-refractivity contribution < 1.29 is 37.9 Å². The van der Waals surface area contributed by atoms with Gasteiger partial charge in [0.1, 0.15) is 73.8 Å². The third-order valence-electron chi connectivity index (χ3n) is 9.66. The van der Waals surface area contributed by atoms with Gasteiger partial charge in [0.2, 0.25) is 0 Å². The van der Waals surface area contributed by atoms with Crippen molar-refractivity contribution in [3.63, 3.8) is 0 Å². The highest BCUT2D eigenvalue weighted by Gasteiger charge is 2.27. The molecule has 0 amide bonds. The Morgan fingerprint density at radius 2 is 0.566 bits per heavy atom. The maximum absolute atomic E-state index is 5.72. The Balaban J connectivity index is 0.000000169. The van der Waals surface area contributed by atoms with Crippen LogP contribution >= 0.6 is 0 Å². The fourth-order valence-electron chi connectivity index (χ4n) is 5.62. The van der Waals surface area contributed by atoms with E-state index < -0.39 is 0 Å². The zero-order valence-corrected chi connectivity index (χ0v) is 32.2. The van der Waals surface area contributed by atoms with Crippen molar-refractivity contribution in [3.8, 4) is 23.0 Å². The third kappa shape index (κ3) is 12.0. The van der Waals surface area contributed by atoms with Gasteiger partial charge in [0.15, 0.2) is 0 Å². The molecule has 4 atom stereocenters. The van der Waals surface area contributed by atoms with Crippen molar-refractivity contribution in [3.05, 3.63) is 119 Å². The summed E-state index contributed by atoms with van der Waals surface area (Å²) >= 11 is 0. The summed E-state index contributed by atoms with van der Waals surface area (Å²) in [6.45, 7) is 19.0. The average Bonchev–Trinajstić information content (AvgIpc) is 3.99. The molecule has 8 nitrogen and oxygen atoms in total. The van der Waals surface area contributed by atoms with Crippen molar-refractivity contribution in [2.75, 3.05) is 52.9 Å². The summed E-state index contributed by atoms with van der Waals surface area (Å²) < 4.78 is 43.5. The van der Waals surface area contributed by atoms with Crippen LogP contribution in [0, 0.1) is 0 Å². The van der Waals surface area contributed by atoms with Crippen LogP contribution < -0.4 is 18.9 Å². The highest BCUT2D eigenvalue weighted by molar-refractivity contribution is 5.43. The lowest BCUT2D eigenvalue weighted by Crippen LogP contribution is -2.18. The molecule has 4 heterocycles. The van der Waals surface area contributed by atoms with Crippen LogP contribution in [0.4, 0.5) is 0 Å².